The van der Waals surface area contributed by atoms with Crippen molar-refractivity contribution in [1.29, 1.82) is 0 Å². The van der Waals surface area contributed by atoms with E-state index in [4.69, 9.17) is 5.53 Å². The lowest BCUT2D eigenvalue weighted by molar-refractivity contribution is 0.0595. The predicted molar refractivity (Wildman–Crippen MR) is 46.5 cm³/mol. The van der Waals surface area contributed by atoms with Crippen LogP contribution in [0.1, 0.15) is 10.4 Å². The third kappa shape index (κ3) is 2.21. The largest absolute Gasteiger partial charge is 0.465 e. The molecule has 0 saturated heterocycles. The highest BCUT2D eigenvalue weighted by molar-refractivity contribution is 5.90. The Morgan fingerprint density at radius 2 is 2.13 bits per heavy atom. The van der Waals surface area contributed by atoms with Crippen molar-refractivity contribution >= 4 is 11.7 Å². The minimum absolute atomic E-state index is 0.455. The van der Waals surface area contributed by atoms with Crippen molar-refractivity contribution in [2.24, 2.45) is 5.11 Å². The maximum absolute atomic E-state index is 13.0. The number of hydrogen-bond donors (Lipinski definition) is 0. The summed E-state index contributed by atoms with van der Waals surface area (Å²) in [6.45, 7) is 0. The first kappa shape index (κ1) is 10.9. The Bertz CT molecular complexity index is 455. The first-order chi connectivity index (χ1) is 7.10. The van der Waals surface area contributed by atoms with Gasteiger partial charge >= 0.3 is 5.97 Å². The molecule has 78 valence electrons. The van der Waals surface area contributed by atoms with Crippen LogP contribution in [-0.4, -0.2) is 13.1 Å². The smallest absolute Gasteiger partial charge is 0.340 e. The number of hydrogen-bond acceptors (Lipinski definition) is 3. The molecule has 0 saturated carbocycles. The topological polar surface area (TPSA) is 75.1 Å². The average molecular weight is 213 g/mol. The van der Waals surface area contributed by atoms with Gasteiger partial charge in [-0.25, -0.2) is 13.6 Å². The van der Waals surface area contributed by atoms with E-state index in [9.17, 15) is 13.6 Å². The second kappa shape index (κ2) is 4.39. The van der Waals surface area contributed by atoms with Gasteiger partial charge in [0, 0.05) is 11.0 Å². The minimum atomic E-state index is -1.07. The van der Waals surface area contributed by atoms with Gasteiger partial charge < -0.3 is 4.74 Å². The van der Waals surface area contributed by atoms with E-state index in [2.05, 4.69) is 14.8 Å². The number of methoxy groups -OCH3 is 1. The Balaban J connectivity index is 3.35. The first-order valence-electron chi connectivity index (χ1n) is 3.72. The van der Waals surface area contributed by atoms with Crippen LogP contribution < -0.4 is 0 Å². The minimum Gasteiger partial charge on any atom is -0.465 e. The van der Waals surface area contributed by atoms with Crippen LogP contribution in [0.25, 0.3) is 10.4 Å². The molecular formula is C8H5F2N3O2. The molecule has 5 nitrogen and oxygen atoms in total. The number of benzene rings is 1. The van der Waals surface area contributed by atoms with Crippen molar-refractivity contribution in [3.05, 3.63) is 39.8 Å². The van der Waals surface area contributed by atoms with Gasteiger partial charge in [-0.15, -0.1) is 0 Å². The molecule has 0 fully saturated rings. The van der Waals surface area contributed by atoms with Crippen molar-refractivity contribution < 1.29 is 18.3 Å². The van der Waals surface area contributed by atoms with Gasteiger partial charge in [-0.2, -0.15) is 0 Å². The number of rotatable bonds is 2. The van der Waals surface area contributed by atoms with Crippen molar-refractivity contribution in [3.63, 3.8) is 0 Å². The maximum Gasteiger partial charge on any atom is 0.340 e. The average Bonchev–Trinajstić information content (AvgIpc) is 2.21. The monoisotopic (exact) mass is 213 g/mol. The lowest BCUT2D eigenvalue weighted by Gasteiger charge is -2.02. The molecule has 0 aromatic heterocycles. The number of nitrogens with zero attached hydrogens (tertiary/aromatic N) is 3. The van der Waals surface area contributed by atoms with Crippen LogP contribution in [0.5, 0.6) is 0 Å². The van der Waals surface area contributed by atoms with E-state index in [1.54, 1.807) is 0 Å². The van der Waals surface area contributed by atoms with Crippen LogP contribution >= 0.6 is 0 Å². The summed E-state index contributed by atoms with van der Waals surface area (Å²) in [7, 11) is 1.05. The van der Waals surface area contributed by atoms with E-state index in [1.807, 2.05) is 0 Å². The summed E-state index contributed by atoms with van der Waals surface area (Å²) in [4.78, 5) is 13.3. The molecule has 0 aliphatic rings. The maximum atomic E-state index is 13.0. The lowest BCUT2D eigenvalue weighted by Crippen LogP contribution is -2.04. The molecule has 0 atom stereocenters. The van der Waals surface area contributed by atoms with Gasteiger partial charge in [-0.3, -0.25) is 0 Å². The number of esters is 1. The zero-order valence-electron chi connectivity index (χ0n) is 7.57. The van der Waals surface area contributed by atoms with Crippen molar-refractivity contribution in [2.75, 3.05) is 7.11 Å². The zero-order chi connectivity index (χ0) is 11.4. The van der Waals surface area contributed by atoms with Gasteiger partial charge in [0.05, 0.1) is 18.4 Å². The number of halogens is 2. The zero-order valence-corrected chi connectivity index (χ0v) is 7.57. The molecule has 0 N–H and O–H groups in total. The third-order valence-corrected chi connectivity index (χ3v) is 1.59. The summed E-state index contributed by atoms with van der Waals surface area (Å²) in [6, 6.07) is 1.24. The third-order valence-electron chi connectivity index (χ3n) is 1.59. The Morgan fingerprint density at radius 3 is 2.67 bits per heavy atom. The highest BCUT2D eigenvalue weighted by atomic mass is 19.1. The van der Waals surface area contributed by atoms with E-state index >= 15 is 0 Å². The first-order valence-corrected chi connectivity index (χ1v) is 3.72. The van der Waals surface area contributed by atoms with Crippen LogP contribution in [0, 0.1) is 11.6 Å². The molecule has 0 radical (unpaired) electrons. The fourth-order valence-corrected chi connectivity index (χ4v) is 0.929. The van der Waals surface area contributed by atoms with E-state index in [0.29, 0.717) is 6.07 Å². The SMILES string of the molecule is COC(=O)c1cc(N=[N+]=[N-])c(F)cc1F. The molecule has 0 heterocycles. The molecule has 15 heavy (non-hydrogen) atoms. The van der Waals surface area contributed by atoms with E-state index in [-0.39, 0.29) is 0 Å². The number of carbonyl (C=O) groups is 1. The van der Waals surface area contributed by atoms with Crippen LogP contribution in [0.3, 0.4) is 0 Å². The highest BCUT2D eigenvalue weighted by Gasteiger charge is 2.15. The van der Waals surface area contributed by atoms with Crippen molar-refractivity contribution in [2.45, 2.75) is 0 Å². The standard InChI is InChI=1S/C8H5F2N3O2/c1-15-8(14)4-2-7(12-13-11)6(10)3-5(4)9/h2-3H,1H3. The number of azide groups is 1. The summed E-state index contributed by atoms with van der Waals surface area (Å²) in [5, 5.41) is 2.96. The van der Waals surface area contributed by atoms with Gasteiger partial charge in [0.1, 0.15) is 11.6 Å². The van der Waals surface area contributed by atoms with E-state index in [1.165, 1.54) is 0 Å². The molecule has 0 amide bonds. The predicted octanol–water partition coefficient (Wildman–Crippen LogP) is 2.69. The Morgan fingerprint density at radius 1 is 1.47 bits per heavy atom. The van der Waals surface area contributed by atoms with Crippen LogP contribution in [-0.2, 0) is 4.74 Å². The molecule has 0 unspecified atom stereocenters. The molecular weight excluding hydrogens is 208 g/mol. The second-order valence-corrected chi connectivity index (χ2v) is 2.46. The van der Waals surface area contributed by atoms with E-state index < -0.39 is 28.9 Å². The second-order valence-electron chi connectivity index (χ2n) is 2.46. The summed E-state index contributed by atoms with van der Waals surface area (Å²) >= 11 is 0. The van der Waals surface area contributed by atoms with Crippen molar-refractivity contribution in [3.8, 4) is 0 Å². The fraction of sp³-hybridized carbons (Fsp3) is 0.125. The highest BCUT2D eigenvalue weighted by Crippen LogP contribution is 2.22. The molecule has 1 rings (SSSR count). The quantitative estimate of drug-likeness (QED) is 0.327. The Hall–Kier alpha value is -2.14. The molecule has 7 heteroatoms. The fourth-order valence-electron chi connectivity index (χ4n) is 0.929. The summed E-state index contributed by atoms with van der Waals surface area (Å²) in [5.41, 5.74) is 7.14. The number of carbonyl (C=O) groups excluding carboxylic acids is 1. The molecule has 0 bridgehead atoms. The summed E-state index contributed by atoms with van der Waals surface area (Å²) < 4.78 is 30.2. The summed E-state index contributed by atoms with van der Waals surface area (Å²) in [5.74, 6) is -3.09. The number of ether oxygens (including phenoxy) is 1. The van der Waals surface area contributed by atoms with Gasteiger partial charge in [0.2, 0.25) is 0 Å². The van der Waals surface area contributed by atoms with Crippen molar-refractivity contribution in [1.82, 2.24) is 0 Å². The van der Waals surface area contributed by atoms with Crippen LogP contribution in [0.15, 0.2) is 17.2 Å². The Labute approximate surface area is 82.9 Å². The molecule has 1 aromatic rings. The normalized spacial score (nSPS) is 9.27. The lowest BCUT2D eigenvalue weighted by atomic mass is 10.2. The van der Waals surface area contributed by atoms with Gasteiger partial charge in [-0.05, 0) is 11.6 Å². The molecule has 0 aliphatic carbocycles. The molecule has 0 spiro atoms. The summed E-state index contributed by atoms with van der Waals surface area (Å²) in [6.07, 6.45) is 0. The van der Waals surface area contributed by atoms with Gasteiger partial charge in [0.15, 0.2) is 0 Å². The van der Waals surface area contributed by atoms with Crippen LogP contribution in [0.2, 0.25) is 0 Å². The molecule has 1 aromatic carbocycles. The van der Waals surface area contributed by atoms with E-state index in [0.717, 1.165) is 13.2 Å². The Kier molecular flexibility index (Phi) is 3.20. The van der Waals surface area contributed by atoms with Crippen LogP contribution in [0.4, 0.5) is 14.5 Å². The molecule has 0 aliphatic heterocycles. The van der Waals surface area contributed by atoms with Gasteiger partial charge in [-0.1, -0.05) is 5.11 Å². The van der Waals surface area contributed by atoms with Gasteiger partial charge in [0.25, 0.3) is 0 Å².